The fourth-order valence-corrected chi connectivity index (χ4v) is 2.39. The Hall–Kier alpha value is -0.830. The molecule has 3 heteroatoms. The topological polar surface area (TPSA) is 43.1 Å². The van der Waals surface area contributed by atoms with Crippen LogP contribution in [0.5, 0.6) is 0 Å². The highest BCUT2D eigenvalue weighted by Crippen LogP contribution is 2.19. The molecule has 0 unspecified atom stereocenters. The number of aryl methyl sites for hydroxylation is 1. The van der Waals surface area contributed by atoms with Crippen molar-refractivity contribution in [1.82, 2.24) is 0 Å². The number of primary amides is 1. The van der Waals surface area contributed by atoms with Crippen molar-refractivity contribution in [3.8, 4) is 0 Å². The minimum absolute atomic E-state index is 0.295. The van der Waals surface area contributed by atoms with Crippen LogP contribution in [-0.2, 0) is 6.42 Å². The third kappa shape index (κ3) is 3.14. The third-order valence-electron chi connectivity index (χ3n) is 2.27. The second kappa shape index (κ2) is 5.81. The molecular formula is C11H17NOS. The normalized spacial score (nSPS) is 10.4. The van der Waals surface area contributed by atoms with E-state index >= 15 is 0 Å². The highest BCUT2D eigenvalue weighted by atomic mass is 32.1. The number of carbonyl (C=O) groups excluding carboxylic acids is 1. The zero-order valence-corrected chi connectivity index (χ0v) is 9.40. The number of hydrogen-bond acceptors (Lipinski definition) is 2. The summed E-state index contributed by atoms with van der Waals surface area (Å²) in [6.07, 6.45) is 5.92. The molecule has 2 nitrogen and oxygen atoms in total. The summed E-state index contributed by atoms with van der Waals surface area (Å²) in [5, 5.41) is 1.94. The minimum Gasteiger partial charge on any atom is -0.366 e. The first-order valence-corrected chi connectivity index (χ1v) is 5.99. The Bertz CT molecular complexity index is 293. The summed E-state index contributed by atoms with van der Waals surface area (Å²) in [5.41, 5.74) is 5.97. The smallest absolute Gasteiger partial charge is 0.249 e. The molecule has 1 aromatic rings. The molecule has 1 aromatic heterocycles. The maximum absolute atomic E-state index is 11.0. The van der Waals surface area contributed by atoms with Crippen molar-refractivity contribution in [1.29, 1.82) is 0 Å². The van der Waals surface area contributed by atoms with Gasteiger partial charge in [0.1, 0.15) is 0 Å². The number of thiophene rings is 1. The summed E-state index contributed by atoms with van der Waals surface area (Å²) in [6, 6.07) is 1.82. The second-order valence-corrected chi connectivity index (χ2v) is 4.43. The van der Waals surface area contributed by atoms with Crippen molar-refractivity contribution in [2.24, 2.45) is 5.73 Å². The van der Waals surface area contributed by atoms with E-state index in [2.05, 4.69) is 6.92 Å². The van der Waals surface area contributed by atoms with Crippen LogP contribution in [0.1, 0.15) is 47.8 Å². The molecule has 0 atom stereocenters. The van der Waals surface area contributed by atoms with Gasteiger partial charge in [-0.05, 0) is 24.3 Å². The van der Waals surface area contributed by atoms with Crippen LogP contribution in [0.15, 0.2) is 11.4 Å². The Kier molecular flexibility index (Phi) is 4.66. The number of amides is 1. The van der Waals surface area contributed by atoms with Gasteiger partial charge in [0.2, 0.25) is 5.91 Å². The largest absolute Gasteiger partial charge is 0.366 e. The van der Waals surface area contributed by atoms with E-state index in [0.717, 1.165) is 17.7 Å². The number of rotatable bonds is 6. The molecule has 0 saturated heterocycles. The van der Waals surface area contributed by atoms with Gasteiger partial charge in [0.25, 0.3) is 0 Å². The van der Waals surface area contributed by atoms with Crippen molar-refractivity contribution >= 4 is 17.2 Å². The summed E-state index contributed by atoms with van der Waals surface area (Å²) in [7, 11) is 0. The van der Waals surface area contributed by atoms with Crippen molar-refractivity contribution in [2.45, 2.75) is 39.0 Å². The van der Waals surface area contributed by atoms with Gasteiger partial charge in [-0.3, -0.25) is 4.79 Å². The summed E-state index contributed by atoms with van der Waals surface area (Å²) in [5.74, 6) is -0.295. The lowest BCUT2D eigenvalue weighted by Crippen LogP contribution is -2.11. The fourth-order valence-electron chi connectivity index (χ4n) is 1.47. The van der Waals surface area contributed by atoms with E-state index in [4.69, 9.17) is 5.73 Å². The van der Waals surface area contributed by atoms with E-state index in [1.165, 1.54) is 19.3 Å². The van der Waals surface area contributed by atoms with Gasteiger partial charge in [0, 0.05) is 4.88 Å². The molecule has 78 valence electrons. The summed E-state index contributed by atoms with van der Waals surface area (Å²) in [6.45, 7) is 2.19. The van der Waals surface area contributed by atoms with Gasteiger partial charge in [-0.2, -0.15) is 0 Å². The van der Waals surface area contributed by atoms with E-state index in [0.29, 0.717) is 5.56 Å². The lowest BCUT2D eigenvalue weighted by Gasteiger charge is -2.00. The summed E-state index contributed by atoms with van der Waals surface area (Å²) >= 11 is 1.64. The number of carbonyl (C=O) groups is 1. The zero-order valence-electron chi connectivity index (χ0n) is 8.58. The monoisotopic (exact) mass is 211 g/mol. The molecule has 0 saturated carbocycles. The van der Waals surface area contributed by atoms with E-state index in [1.807, 2.05) is 11.4 Å². The molecule has 0 spiro atoms. The minimum atomic E-state index is -0.295. The van der Waals surface area contributed by atoms with Crippen LogP contribution in [-0.4, -0.2) is 5.91 Å². The molecule has 0 bridgehead atoms. The average molecular weight is 211 g/mol. The predicted octanol–water partition coefficient (Wildman–Crippen LogP) is 2.97. The van der Waals surface area contributed by atoms with Gasteiger partial charge >= 0.3 is 0 Å². The van der Waals surface area contributed by atoms with Gasteiger partial charge in [0.05, 0.1) is 5.56 Å². The maximum Gasteiger partial charge on any atom is 0.249 e. The van der Waals surface area contributed by atoms with Crippen molar-refractivity contribution in [3.05, 3.63) is 21.9 Å². The van der Waals surface area contributed by atoms with Gasteiger partial charge in [-0.25, -0.2) is 0 Å². The van der Waals surface area contributed by atoms with E-state index in [-0.39, 0.29) is 5.91 Å². The molecule has 0 aromatic carbocycles. The first-order valence-electron chi connectivity index (χ1n) is 5.12. The van der Waals surface area contributed by atoms with Crippen molar-refractivity contribution in [3.63, 3.8) is 0 Å². The average Bonchev–Trinajstić information content (AvgIpc) is 2.60. The molecule has 1 amide bonds. The Morgan fingerprint density at radius 2 is 2.21 bits per heavy atom. The number of unbranched alkanes of at least 4 members (excludes halogenated alkanes) is 3. The predicted molar refractivity (Wildman–Crippen MR) is 60.7 cm³/mol. The molecule has 0 aliphatic heterocycles. The van der Waals surface area contributed by atoms with E-state index in [9.17, 15) is 4.79 Å². The van der Waals surface area contributed by atoms with Crippen LogP contribution in [0.4, 0.5) is 0 Å². The SMILES string of the molecule is CCCCCCc1sccc1C(N)=O. The lowest BCUT2D eigenvalue weighted by molar-refractivity contribution is 0.1000. The quantitative estimate of drug-likeness (QED) is 0.722. The second-order valence-electron chi connectivity index (χ2n) is 3.43. The van der Waals surface area contributed by atoms with E-state index in [1.54, 1.807) is 11.3 Å². The molecule has 0 aliphatic rings. The van der Waals surface area contributed by atoms with Gasteiger partial charge in [0.15, 0.2) is 0 Å². The zero-order chi connectivity index (χ0) is 10.4. The van der Waals surface area contributed by atoms with Crippen LogP contribution >= 0.6 is 11.3 Å². The molecular weight excluding hydrogens is 194 g/mol. The van der Waals surface area contributed by atoms with Gasteiger partial charge in [-0.1, -0.05) is 26.2 Å². The molecule has 0 aliphatic carbocycles. The molecule has 0 radical (unpaired) electrons. The number of nitrogens with two attached hydrogens (primary N) is 1. The van der Waals surface area contributed by atoms with Gasteiger partial charge in [-0.15, -0.1) is 11.3 Å². The molecule has 2 N–H and O–H groups in total. The van der Waals surface area contributed by atoms with Crippen LogP contribution in [0.25, 0.3) is 0 Å². The van der Waals surface area contributed by atoms with Crippen LogP contribution in [0.2, 0.25) is 0 Å². The number of hydrogen-bond donors (Lipinski definition) is 1. The summed E-state index contributed by atoms with van der Waals surface area (Å²) < 4.78 is 0. The van der Waals surface area contributed by atoms with Crippen LogP contribution in [0.3, 0.4) is 0 Å². The Morgan fingerprint density at radius 1 is 1.43 bits per heavy atom. The fraction of sp³-hybridized carbons (Fsp3) is 0.545. The summed E-state index contributed by atoms with van der Waals surface area (Å²) in [4.78, 5) is 12.1. The molecule has 0 fully saturated rings. The first-order chi connectivity index (χ1) is 6.75. The third-order valence-corrected chi connectivity index (χ3v) is 3.25. The van der Waals surface area contributed by atoms with Crippen LogP contribution < -0.4 is 5.73 Å². The van der Waals surface area contributed by atoms with Gasteiger partial charge < -0.3 is 5.73 Å². The highest BCUT2D eigenvalue weighted by molar-refractivity contribution is 7.10. The van der Waals surface area contributed by atoms with E-state index < -0.39 is 0 Å². The molecule has 14 heavy (non-hydrogen) atoms. The standard InChI is InChI=1S/C11H17NOS/c1-2-3-4-5-6-10-9(11(12)13)7-8-14-10/h7-8H,2-6H2,1H3,(H2,12,13). The highest BCUT2D eigenvalue weighted by Gasteiger charge is 2.08. The maximum atomic E-state index is 11.0. The Morgan fingerprint density at radius 3 is 2.86 bits per heavy atom. The lowest BCUT2D eigenvalue weighted by atomic mass is 10.1. The Labute approximate surface area is 89.1 Å². The van der Waals surface area contributed by atoms with Crippen LogP contribution in [0, 0.1) is 0 Å². The van der Waals surface area contributed by atoms with Crippen molar-refractivity contribution < 1.29 is 4.79 Å². The van der Waals surface area contributed by atoms with Crippen molar-refractivity contribution in [2.75, 3.05) is 0 Å². The first kappa shape index (κ1) is 11.2. The molecule has 1 heterocycles. The molecule has 1 rings (SSSR count). The Balaban J connectivity index is 2.42.